The minimum atomic E-state index is -0.510. The van der Waals surface area contributed by atoms with Crippen LogP contribution in [0.2, 0.25) is 5.02 Å². The Kier molecular flexibility index (Phi) is 5.53. The molecule has 128 valence electrons. The van der Waals surface area contributed by atoms with Crippen molar-refractivity contribution in [3.05, 3.63) is 34.6 Å². The third-order valence-electron chi connectivity index (χ3n) is 3.95. The van der Waals surface area contributed by atoms with Gasteiger partial charge in [0, 0.05) is 24.2 Å². The number of nitrogens with zero attached hydrogens (tertiary/aromatic N) is 1. The van der Waals surface area contributed by atoms with Gasteiger partial charge in [-0.3, -0.25) is 0 Å². The average molecular weight is 343 g/mol. The zero-order chi connectivity index (χ0) is 17.2. The van der Waals surface area contributed by atoms with E-state index in [1.807, 2.05) is 27.8 Å². The van der Waals surface area contributed by atoms with Gasteiger partial charge in [-0.15, -0.1) is 0 Å². The van der Waals surface area contributed by atoms with Gasteiger partial charge in [0.05, 0.1) is 0 Å². The van der Waals surface area contributed by atoms with Crippen LogP contribution in [0.1, 0.15) is 38.8 Å². The highest BCUT2D eigenvalue weighted by Crippen LogP contribution is 2.34. The molecule has 0 spiro atoms. The van der Waals surface area contributed by atoms with E-state index in [-0.39, 0.29) is 23.9 Å². The smallest absolute Gasteiger partial charge is 0.410 e. The van der Waals surface area contributed by atoms with E-state index >= 15 is 0 Å². The van der Waals surface area contributed by atoms with Crippen LogP contribution in [0, 0.1) is 11.7 Å². The van der Waals surface area contributed by atoms with Gasteiger partial charge in [-0.1, -0.05) is 11.6 Å². The summed E-state index contributed by atoms with van der Waals surface area (Å²) in [5.41, 5.74) is 0.217. The number of hydrogen-bond donors (Lipinski definition) is 1. The van der Waals surface area contributed by atoms with Crippen molar-refractivity contribution in [2.75, 3.05) is 20.1 Å². The molecule has 2 unspecified atom stereocenters. The van der Waals surface area contributed by atoms with Crippen LogP contribution in [0.4, 0.5) is 9.18 Å². The van der Waals surface area contributed by atoms with E-state index in [4.69, 9.17) is 16.3 Å². The molecule has 1 aliphatic heterocycles. The van der Waals surface area contributed by atoms with E-state index in [0.29, 0.717) is 18.1 Å². The van der Waals surface area contributed by atoms with Gasteiger partial charge in [-0.2, -0.15) is 0 Å². The molecule has 1 aliphatic rings. The van der Waals surface area contributed by atoms with Crippen LogP contribution in [0.25, 0.3) is 0 Å². The lowest BCUT2D eigenvalue weighted by atomic mass is 9.92. The lowest BCUT2D eigenvalue weighted by Gasteiger charge is -2.26. The molecule has 0 saturated carbocycles. The fourth-order valence-electron chi connectivity index (χ4n) is 2.95. The molecular formula is C17H24ClFN2O2. The number of nitrogens with one attached hydrogen (secondary N) is 1. The van der Waals surface area contributed by atoms with Crippen molar-refractivity contribution < 1.29 is 13.9 Å². The first kappa shape index (κ1) is 18.0. The lowest BCUT2D eigenvalue weighted by molar-refractivity contribution is 0.0285. The molecule has 23 heavy (non-hydrogen) atoms. The second-order valence-corrected chi connectivity index (χ2v) is 7.31. The maximum atomic E-state index is 13.6. The van der Waals surface area contributed by atoms with Crippen molar-refractivity contribution in [3.8, 4) is 0 Å². The number of amides is 1. The van der Waals surface area contributed by atoms with E-state index in [1.54, 1.807) is 11.0 Å². The van der Waals surface area contributed by atoms with Crippen LogP contribution in [-0.2, 0) is 4.74 Å². The highest BCUT2D eigenvalue weighted by molar-refractivity contribution is 6.31. The molecule has 1 aromatic carbocycles. The summed E-state index contributed by atoms with van der Waals surface area (Å²) >= 11 is 6.22. The molecule has 1 fully saturated rings. The number of rotatable bonds is 3. The standard InChI is InChI=1S/C17H24ClFN2O2/c1-17(2,3)23-16(22)21-8-7-11(10-21)15(20-4)13-9-12(19)5-6-14(13)18/h5-6,9,11,15,20H,7-8,10H2,1-4H3. The molecular weight excluding hydrogens is 319 g/mol. The average Bonchev–Trinajstić information content (AvgIpc) is 2.91. The minimum Gasteiger partial charge on any atom is -0.444 e. The zero-order valence-corrected chi connectivity index (χ0v) is 14.8. The Morgan fingerprint density at radius 3 is 2.78 bits per heavy atom. The first-order valence-electron chi connectivity index (χ1n) is 7.81. The van der Waals surface area contributed by atoms with Crippen LogP contribution in [-0.4, -0.2) is 36.7 Å². The molecule has 1 aromatic rings. The maximum absolute atomic E-state index is 13.6. The first-order valence-corrected chi connectivity index (χ1v) is 8.19. The fourth-order valence-corrected chi connectivity index (χ4v) is 3.18. The van der Waals surface area contributed by atoms with Crippen LogP contribution in [0.15, 0.2) is 18.2 Å². The number of ether oxygens (including phenoxy) is 1. The highest BCUT2D eigenvalue weighted by atomic mass is 35.5. The molecule has 1 saturated heterocycles. The summed E-state index contributed by atoms with van der Waals surface area (Å²) in [4.78, 5) is 13.9. The normalized spacial score (nSPS) is 19.7. The van der Waals surface area contributed by atoms with E-state index in [0.717, 1.165) is 12.0 Å². The van der Waals surface area contributed by atoms with Gasteiger partial charge in [-0.05, 0) is 63.9 Å². The van der Waals surface area contributed by atoms with Gasteiger partial charge in [0.15, 0.2) is 0 Å². The molecule has 1 amide bonds. The fraction of sp³-hybridized carbons (Fsp3) is 0.588. The predicted octanol–water partition coefficient (Wildman–Crippen LogP) is 4.00. The van der Waals surface area contributed by atoms with E-state index < -0.39 is 5.60 Å². The van der Waals surface area contributed by atoms with Gasteiger partial charge in [0.1, 0.15) is 11.4 Å². The third-order valence-corrected chi connectivity index (χ3v) is 4.30. The second-order valence-electron chi connectivity index (χ2n) is 6.91. The first-order chi connectivity index (χ1) is 10.7. The van der Waals surface area contributed by atoms with Crippen molar-refractivity contribution in [1.82, 2.24) is 10.2 Å². The summed E-state index contributed by atoms with van der Waals surface area (Å²) < 4.78 is 19.0. The summed E-state index contributed by atoms with van der Waals surface area (Å²) in [6, 6.07) is 4.27. The molecule has 2 atom stereocenters. The summed E-state index contributed by atoms with van der Waals surface area (Å²) in [5.74, 6) is -0.154. The number of likely N-dealkylation sites (tertiary alicyclic amines) is 1. The minimum absolute atomic E-state index is 0.106. The molecule has 1 heterocycles. The van der Waals surface area contributed by atoms with E-state index in [9.17, 15) is 9.18 Å². The Balaban J connectivity index is 2.10. The number of benzene rings is 1. The number of hydrogen-bond acceptors (Lipinski definition) is 3. The largest absolute Gasteiger partial charge is 0.444 e. The Hall–Kier alpha value is -1.33. The van der Waals surface area contributed by atoms with Crippen LogP contribution in [0.3, 0.4) is 0 Å². The third kappa shape index (κ3) is 4.58. The van der Waals surface area contributed by atoms with Crippen LogP contribution in [0.5, 0.6) is 0 Å². The monoisotopic (exact) mass is 342 g/mol. The van der Waals surface area contributed by atoms with Crippen molar-refractivity contribution in [2.24, 2.45) is 5.92 Å². The summed E-state index contributed by atoms with van der Waals surface area (Å²) in [7, 11) is 1.82. The molecule has 4 nitrogen and oxygen atoms in total. The SMILES string of the molecule is CNC(c1cc(F)ccc1Cl)C1CCN(C(=O)OC(C)(C)C)C1. The predicted molar refractivity (Wildman–Crippen MR) is 89.1 cm³/mol. The molecule has 2 rings (SSSR count). The van der Waals surface area contributed by atoms with Crippen molar-refractivity contribution >= 4 is 17.7 Å². The van der Waals surface area contributed by atoms with Gasteiger partial charge in [-0.25, -0.2) is 9.18 Å². The molecule has 1 N–H and O–H groups in total. The molecule has 0 radical (unpaired) electrons. The van der Waals surface area contributed by atoms with Gasteiger partial charge >= 0.3 is 6.09 Å². The van der Waals surface area contributed by atoms with Crippen molar-refractivity contribution in [1.29, 1.82) is 0 Å². The number of carbonyl (C=O) groups excluding carboxylic acids is 1. The summed E-state index contributed by atoms with van der Waals surface area (Å²) in [6.07, 6.45) is 0.512. The Labute approximate surface area is 141 Å². The Morgan fingerprint density at radius 2 is 2.17 bits per heavy atom. The van der Waals surface area contributed by atoms with Gasteiger partial charge in [0.2, 0.25) is 0 Å². The zero-order valence-electron chi connectivity index (χ0n) is 14.0. The Bertz CT molecular complexity index is 574. The van der Waals surface area contributed by atoms with Crippen molar-refractivity contribution in [3.63, 3.8) is 0 Å². The highest BCUT2D eigenvalue weighted by Gasteiger charge is 2.34. The van der Waals surface area contributed by atoms with Crippen molar-refractivity contribution in [2.45, 2.75) is 38.8 Å². The maximum Gasteiger partial charge on any atom is 0.410 e. The Morgan fingerprint density at radius 1 is 1.48 bits per heavy atom. The number of halogens is 2. The van der Waals surface area contributed by atoms with E-state index in [1.165, 1.54) is 12.1 Å². The second kappa shape index (κ2) is 7.05. The molecule has 0 aliphatic carbocycles. The molecule has 6 heteroatoms. The topological polar surface area (TPSA) is 41.6 Å². The number of carbonyl (C=O) groups is 1. The summed E-state index contributed by atoms with van der Waals surface area (Å²) in [5, 5.41) is 3.74. The molecule has 0 aromatic heterocycles. The quantitative estimate of drug-likeness (QED) is 0.902. The summed E-state index contributed by atoms with van der Waals surface area (Å²) in [6.45, 7) is 6.74. The van der Waals surface area contributed by atoms with Crippen LogP contribution >= 0.6 is 11.6 Å². The van der Waals surface area contributed by atoms with E-state index in [2.05, 4.69) is 5.32 Å². The van der Waals surface area contributed by atoms with Gasteiger partial charge < -0.3 is 15.0 Å². The molecule has 0 bridgehead atoms. The van der Waals surface area contributed by atoms with Crippen LogP contribution < -0.4 is 5.32 Å². The lowest BCUT2D eigenvalue weighted by Crippen LogP contribution is -2.36. The van der Waals surface area contributed by atoms with Gasteiger partial charge in [0.25, 0.3) is 0 Å².